The first kappa shape index (κ1) is 36.9. The molecule has 0 amide bonds. The Labute approximate surface area is 376 Å². The monoisotopic (exact) mass is 844 g/mol. The lowest BCUT2D eigenvalue weighted by Crippen LogP contribution is -2.26. The Kier molecular flexibility index (Phi) is 9.31. The van der Waals surface area contributed by atoms with Gasteiger partial charge in [0.1, 0.15) is 35.6 Å². The van der Waals surface area contributed by atoms with E-state index in [0.717, 1.165) is 73.1 Å². The molecule has 0 fully saturated rings. The molecule has 0 bridgehead atoms. The summed E-state index contributed by atoms with van der Waals surface area (Å²) in [6.45, 7) is 6.26. The summed E-state index contributed by atoms with van der Waals surface area (Å²) in [7, 11) is 0. The molecule has 2 aromatic heterocycles. The first-order valence-electron chi connectivity index (χ1n) is 22.9. The van der Waals surface area contributed by atoms with E-state index < -0.39 is 18.5 Å². The molecule has 1 aliphatic heterocycles. The number of halogens is 2. The quantitative estimate of drug-likeness (QED) is 0.145. The molecule has 9 aromatic rings. The number of fused-ring (bicyclic) bond motifs is 4. The highest BCUT2D eigenvalue weighted by Gasteiger charge is 2.33. The van der Waals surface area contributed by atoms with Crippen LogP contribution in [0.3, 0.4) is 0 Å². The molecule has 3 heterocycles. The molecule has 314 valence electrons. The number of ether oxygens (including phenoxy) is 1. The zero-order chi connectivity index (χ0) is 46.7. The lowest BCUT2D eigenvalue weighted by molar-refractivity contribution is 0.483. The van der Waals surface area contributed by atoms with Crippen LogP contribution in [-0.2, 0) is 0 Å². The molecule has 64 heavy (non-hydrogen) atoms. The van der Waals surface area contributed by atoms with Crippen molar-refractivity contribution >= 4 is 44.6 Å². The topological polar surface area (TPSA) is 57.3 Å². The molecule has 0 unspecified atom stereocenters. The second-order valence-electron chi connectivity index (χ2n) is 16.8. The van der Waals surface area contributed by atoms with E-state index >= 15 is 0 Å². The average molecular weight is 845 g/mol. The van der Waals surface area contributed by atoms with E-state index in [1.165, 1.54) is 18.2 Å². The highest BCUT2D eigenvalue weighted by atomic mass is 19.1. The van der Waals surface area contributed by atoms with Crippen molar-refractivity contribution in [2.24, 2.45) is 0 Å². The summed E-state index contributed by atoms with van der Waals surface area (Å²) in [4.78, 5) is 9.17. The molecule has 6 nitrogen and oxygen atoms in total. The smallest absolute Gasteiger partial charge is 0.137 e. The van der Waals surface area contributed by atoms with E-state index in [2.05, 4.69) is 72.4 Å². The molecule has 8 heteroatoms. The summed E-state index contributed by atoms with van der Waals surface area (Å²) in [5, 5.41) is 12.3. The largest absolute Gasteiger partial charge is 0.457 e. The maximum atomic E-state index is 14.6. The van der Waals surface area contributed by atoms with Gasteiger partial charge in [0.2, 0.25) is 0 Å². The van der Waals surface area contributed by atoms with Crippen LogP contribution in [0, 0.1) is 29.8 Å². The number of nitriles is 1. The molecule has 0 spiro atoms. The van der Waals surface area contributed by atoms with E-state index in [0.29, 0.717) is 34.9 Å². The van der Waals surface area contributed by atoms with Gasteiger partial charge in [-0.1, -0.05) is 76.2 Å². The van der Waals surface area contributed by atoms with Gasteiger partial charge in [0.15, 0.2) is 0 Å². The predicted molar refractivity (Wildman–Crippen MR) is 256 cm³/mol. The Balaban J connectivity index is 1.14. The van der Waals surface area contributed by atoms with Crippen molar-refractivity contribution in [1.82, 2.24) is 9.55 Å². The Morgan fingerprint density at radius 1 is 0.641 bits per heavy atom. The van der Waals surface area contributed by atoms with E-state index in [1.807, 2.05) is 91.0 Å². The number of hydrogen-bond donors (Lipinski definition) is 0. The highest BCUT2D eigenvalue weighted by Crippen LogP contribution is 2.50. The van der Waals surface area contributed by atoms with Gasteiger partial charge in [-0.05, 0) is 143 Å². The van der Waals surface area contributed by atoms with Crippen molar-refractivity contribution in [2.75, 3.05) is 16.5 Å². The number of nitrogens with zero attached hydrogens (tertiary/aromatic N) is 5. The fourth-order valence-electron chi connectivity index (χ4n) is 9.11. The van der Waals surface area contributed by atoms with Gasteiger partial charge in [-0.25, -0.2) is 13.8 Å². The van der Waals surface area contributed by atoms with Crippen LogP contribution >= 0.6 is 0 Å². The second kappa shape index (κ2) is 16.2. The number of para-hydroxylation sites is 3. The predicted octanol–water partition coefficient (Wildman–Crippen LogP) is 15.3. The van der Waals surface area contributed by atoms with Gasteiger partial charge in [-0.2, -0.15) is 5.26 Å². The van der Waals surface area contributed by atoms with Crippen molar-refractivity contribution < 1.29 is 17.6 Å². The maximum absolute atomic E-state index is 14.6. The van der Waals surface area contributed by atoms with Gasteiger partial charge >= 0.3 is 0 Å². The van der Waals surface area contributed by atoms with Crippen LogP contribution in [0.2, 0.25) is 0 Å². The van der Waals surface area contributed by atoms with E-state index in [-0.39, 0.29) is 23.0 Å². The average Bonchev–Trinajstić information content (AvgIpc) is 3.86. The number of rotatable bonds is 9. The minimum atomic E-state index is -2.59. The summed E-state index contributed by atoms with van der Waals surface area (Å²) in [6.07, 6.45) is 1.77. The second-order valence-corrected chi connectivity index (χ2v) is 16.8. The van der Waals surface area contributed by atoms with E-state index in [9.17, 15) is 14.0 Å². The van der Waals surface area contributed by atoms with Gasteiger partial charge in [-0.3, -0.25) is 4.57 Å². The van der Waals surface area contributed by atoms with Crippen LogP contribution in [-0.4, -0.2) is 16.2 Å². The van der Waals surface area contributed by atoms with Crippen LogP contribution in [0.5, 0.6) is 11.5 Å². The number of pyridine rings is 1. The summed E-state index contributed by atoms with van der Waals surface area (Å²) in [5.74, 6) is 0.584. The van der Waals surface area contributed by atoms with Crippen molar-refractivity contribution in [3.8, 4) is 45.6 Å². The van der Waals surface area contributed by atoms with Crippen molar-refractivity contribution in [3.05, 3.63) is 192 Å². The molecular formula is C56H45F2N5O. The highest BCUT2D eigenvalue weighted by molar-refractivity contribution is 6.09. The molecule has 0 N–H and O–H groups in total. The van der Waals surface area contributed by atoms with E-state index in [1.54, 1.807) is 18.3 Å². The zero-order valence-electron chi connectivity index (χ0n) is 38.8. The number of benzene rings is 7. The molecule has 0 radical (unpaired) electrons. The van der Waals surface area contributed by atoms with Gasteiger partial charge in [0.05, 0.1) is 34.0 Å². The Morgan fingerprint density at radius 2 is 1.33 bits per heavy atom. The van der Waals surface area contributed by atoms with Gasteiger partial charge < -0.3 is 14.5 Å². The summed E-state index contributed by atoms with van der Waals surface area (Å²) in [5.41, 5.74) is 9.75. The zero-order valence-corrected chi connectivity index (χ0v) is 35.8. The van der Waals surface area contributed by atoms with Crippen molar-refractivity contribution in [3.63, 3.8) is 0 Å². The number of anilines is 4. The third-order valence-electron chi connectivity index (χ3n) is 12.1. The third kappa shape index (κ3) is 7.09. The molecule has 10 rings (SSSR count). The van der Waals surface area contributed by atoms with Gasteiger partial charge in [0.25, 0.3) is 0 Å². The molecular weight excluding hydrogens is 797 g/mol. The number of hydrogen-bond acceptors (Lipinski definition) is 5. The summed E-state index contributed by atoms with van der Waals surface area (Å²) >= 11 is 0. The fraction of sp³-hybridized carbons (Fsp3) is 0.143. The van der Waals surface area contributed by atoms with Crippen molar-refractivity contribution in [1.29, 1.82) is 5.26 Å². The molecule has 0 saturated carbocycles. The SMILES string of the molecule is [2H]C([2H])([2H])c1c(C#N)cccc1-c1cc(Oc2ccc3c4ccccc4n(-c4ccccn4)c3c2)cc(N2CN(c3c(C(C)C)cc(-c4cc(F)cc(F)c4)cc3C(C)C)c3ccccc32)c1. The summed E-state index contributed by atoms with van der Waals surface area (Å²) in [6, 6.07) is 48.7. The molecule has 0 aliphatic carbocycles. The van der Waals surface area contributed by atoms with Gasteiger partial charge in [-0.15, -0.1) is 0 Å². The Morgan fingerprint density at radius 3 is 2.03 bits per heavy atom. The normalized spacial score (nSPS) is 13.3. The summed E-state index contributed by atoms with van der Waals surface area (Å²) < 4.78 is 63.9. The standard InChI is InChI=1S/C56H45F2N5O/c1-34(2)49-27-39(38-23-41(57)29-42(58)24-38)28-50(35(3)4)56(49)62-33-61(52-17-8-9-18-53(52)62)43-25-40(46-15-12-13-37(32-59)36(46)5)26-45(30-43)64-44-20-21-48-47-14-6-7-16-51(47)63(54(48)31-44)55-19-10-11-22-60-55/h6-31,34-35H,33H2,1-5H3/i5D3. The first-order valence-corrected chi connectivity index (χ1v) is 21.4. The Hall–Kier alpha value is -7.76. The first-order chi connectivity index (χ1) is 32.3. The van der Waals surface area contributed by atoms with Crippen LogP contribution in [0.4, 0.5) is 31.5 Å². The molecule has 0 saturated heterocycles. The Bertz CT molecular complexity index is 3380. The lowest BCUT2D eigenvalue weighted by atomic mass is 9.87. The molecule has 0 atom stereocenters. The minimum absolute atomic E-state index is 0.0354. The van der Waals surface area contributed by atoms with Gasteiger partial charge in [0, 0.05) is 50.7 Å². The van der Waals surface area contributed by atoms with Crippen molar-refractivity contribution in [2.45, 2.75) is 46.4 Å². The lowest BCUT2D eigenvalue weighted by Gasteiger charge is -2.30. The molecule has 1 aliphatic rings. The minimum Gasteiger partial charge on any atom is -0.457 e. The molecule has 7 aromatic carbocycles. The van der Waals surface area contributed by atoms with E-state index in [4.69, 9.17) is 13.8 Å². The third-order valence-corrected chi connectivity index (χ3v) is 12.1. The number of aromatic nitrogens is 2. The fourth-order valence-corrected chi connectivity index (χ4v) is 9.11. The maximum Gasteiger partial charge on any atom is 0.137 e. The van der Waals surface area contributed by atoms with Crippen LogP contribution < -0.4 is 14.5 Å². The van der Waals surface area contributed by atoms with Crippen LogP contribution in [0.15, 0.2) is 158 Å². The van der Waals surface area contributed by atoms with Crippen LogP contribution in [0.1, 0.15) is 65.9 Å². The van der Waals surface area contributed by atoms with Crippen LogP contribution in [0.25, 0.3) is 49.9 Å².